The molecular formula is C21H35N3O2. The molecule has 26 heavy (non-hydrogen) atoms. The zero-order valence-electron chi connectivity index (χ0n) is 17.0. The minimum atomic E-state index is 0.0870. The van der Waals surface area contributed by atoms with Gasteiger partial charge in [0, 0.05) is 31.1 Å². The lowest BCUT2D eigenvalue weighted by Gasteiger charge is -2.33. The average Bonchev–Trinajstić information content (AvgIpc) is 2.60. The number of benzene rings is 1. The van der Waals surface area contributed by atoms with E-state index in [-0.39, 0.29) is 17.2 Å². The number of carbonyl (C=O) groups is 1. The summed E-state index contributed by atoms with van der Waals surface area (Å²) in [6.45, 7) is 8.88. The Morgan fingerprint density at radius 2 is 1.92 bits per heavy atom. The van der Waals surface area contributed by atoms with Crippen molar-refractivity contribution in [2.75, 3.05) is 47.4 Å². The molecule has 0 unspecified atom stereocenters. The molecule has 0 atom stereocenters. The summed E-state index contributed by atoms with van der Waals surface area (Å²) in [5.74, 6) is 1.29. The Kier molecular flexibility index (Phi) is 7.47. The molecule has 2 rings (SSSR count). The number of nitrogens with zero attached hydrogens (tertiary/aromatic N) is 2. The van der Waals surface area contributed by atoms with Gasteiger partial charge in [-0.2, -0.15) is 0 Å². The monoisotopic (exact) mass is 361 g/mol. The first-order valence-corrected chi connectivity index (χ1v) is 9.57. The van der Waals surface area contributed by atoms with Crippen molar-refractivity contribution < 1.29 is 9.53 Å². The number of para-hydroxylation sites is 1. The topological polar surface area (TPSA) is 44.8 Å². The van der Waals surface area contributed by atoms with Gasteiger partial charge in [0.15, 0.2) is 0 Å². The molecule has 1 aromatic carbocycles. The molecular weight excluding hydrogens is 326 g/mol. The summed E-state index contributed by atoms with van der Waals surface area (Å²) in [5, 5.41) is 3.18. The third-order valence-electron chi connectivity index (χ3n) is 5.03. The highest BCUT2D eigenvalue weighted by Crippen LogP contribution is 2.24. The summed E-state index contributed by atoms with van der Waals surface area (Å²) in [5.41, 5.74) is 1.30. The number of likely N-dealkylation sites (tertiary alicyclic amines) is 1. The number of hydrogen-bond donors (Lipinski definition) is 1. The van der Waals surface area contributed by atoms with Gasteiger partial charge in [0.1, 0.15) is 5.75 Å². The van der Waals surface area contributed by atoms with Crippen LogP contribution >= 0.6 is 0 Å². The van der Waals surface area contributed by atoms with Crippen molar-refractivity contribution in [1.82, 2.24) is 15.1 Å². The molecule has 0 saturated carbocycles. The summed E-state index contributed by atoms with van der Waals surface area (Å²) in [4.78, 5) is 17.1. The summed E-state index contributed by atoms with van der Waals surface area (Å²) in [6.07, 6.45) is 1.85. The van der Waals surface area contributed by atoms with Crippen LogP contribution in [0.15, 0.2) is 24.3 Å². The number of hydrogen-bond acceptors (Lipinski definition) is 4. The van der Waals surface area contributed by atoms with Crippen molar-refractivity contribution in [2.24, 2.45) is 11.3 Å². The number of amides is 1. The van der Waals surface area contributed by atoms with E-state index in [2.05, 4.69) is 49.1 Å². The largest absolute Gasteiger partial charge is 0.496 e. The fourth-order valence-corrected chi connectivity index (χ4v) is 3.81. The van der Waals surface area contributed by atoms with Gasteiger partial charge in [-0.15, -0.1) is 0 Å². The summed E-state index contributed by atoms with van der Waals surface area (Å²) in [6, 6.07) is 8.17. The molecule has 1 aliphatic heterocycles. The molecule has 1 saturated heterocycles. The maximum Gasteiger partial charge on any atom is 0.223 e. The van der Waals surface area contributed by atoms with Gasteiger partial charge in [-0.25, -0.2) is 0 Å². The van der Waals surface area contributed by atoms with E-state index in [9.17, 15) is 4.79 Å². The van der Waals surface area contributed by atoms with Crippen LogP contribution in [0.5, 0.6) is 5.75 Å². The Labute approximate surface area is 158 Å². The lowest BCUT2D eigenvalue weighted by Crippen LogP contribution is -2.44. The van der Waals surface area contributed by atoms with Gasteiger partial charge in [0.2, 0.25) is 5.91 Å². The van der Waals surface area contributed by atoms with Gasteiger partial charge in [0.25, 0.3) is 0 Å². The first-order chi connectivity index (χ1) is 12.3. The van der Waals surface area contributed by atoms with Crippen LogP contribution in [0.1, 0.15) is 32.3 Å². The number of ether oxygens (including phenoxy) is 1. The van der Waals surface area contributed by atoms with Crippen LogP contribution in [0.2, 0.25) is 0 Å². The highest BCUT2D eigenvalue weighted by atomic mass is 16.5. The van der Waals surface area contributed by atoms with E-state index < -0.39 is 0 Å². The van der Waals surface area contributed by atoms with E-state index in [1.165, 1.54) is 5.56 Å². The fraction of sp³-hybridized carbons (Fsp3) is 0.667. The van der Waals surface area contributed by atoms with Crippen molar-refractivity contribution in [3.05, 3.63) is 29.8 Å². The molecule has 1 N–H and O–H groups in total. The van der Waals surface area contributed by atoms with Crippen LogP contribution in [0.25, 0.3) is 0 Å². The second kappa shape index (κ2) is 9.38. The van der Waals surface area contributed by atoms with Gasteiger partial charge < -0.3 is 15.0 Å². The van der Waals surface area contributed by atoms with Crippen LogP contribution < -0.4 is 10.1 Å². The SMILES string of the molecule is COc1ccccc1CN1CCC(C(=O)NCC(C)(C)CN(C)C)CC1. The number of carbonyl (C=O) groups excluding carboxylic acids is 1. The summed E-state index contributed by atoms with van der Waals surface area (Å²) < 4.78 is 5.44. The highest BCUT2D eigenvalue weighted by Gasteiger charge is 2.27. The Balaban J connectivity index is 1.78. The second-order valence-electron chi connectivity index (χ2n) is 8.48. The lowest BCUT2D eigenvalue weighted by atomic mass is 9.91. The van der Waals surface area contributed by atoms with Crippen molar-refractivity contribution in [2.45, 2.75) is 33.2 Å². The predicted octanol–water partition coefficient (Wildman–Crippen LogP) is 2.61. The molecule has 5 nitrogen and oxygen atoms in total. The molecule has 1 aliphatic rings. The van der Waals surface area contributed by atoms with Crippen molar-refractivity contribution in [3.63, 3.8) is 0 Å². The first kappa shape index (κ1) is 20.7. The third kappa shape index (κ3) is 6.29. The standard InChI is InChI=1S/C21H35N3O2/c1-21(2,16-23(3)4)15-22-20(25)17-10-12-24(13-11-17)14-18-8-6-7-9-19(18)26-5/h6-9,17H,10-16H2,1-5H3,(H,22,25). The molecule has 0 bridgehead atoms. The number of rotatable bonds is 8. The predicted molar refractivity (Wildman–Crippen MR) is 106 cm³/mol. The molecule has 146 valence electrons. The van der Waals surface area contributed by atoms with Crippen LogP contribution in [0.3, 0.4) is 0 Å². The van der Waals surface area contributed by atoms with Gasteiger partial charge in [-0.3, -0.25) is 9.69 Å². The van der Waals surface area contributed by atoms with Crippen LogP contribution in [-0.4, -0.2) is 63.1 Å². The minimum absolute atomic E-state index is 0.0870. The van der Waals surface area contributed by atoms with E-state index in [0.717, 1.165) is 51.3 Å². The Morgan fingerprint density at radius 3 is 2.54 bits per heavy atom. The lowest BCUT2D eigenvalue weighted by molar-refractivity contribution is -0.127. The van der Waals surface area contributed by atoms with Crippen LogP contribution in [-0.2, 0) is 11.3 Å². The molecule has 1 heterocycles. The number of piperidine rings is 1. The number of methoxy groups -OCH3 is 1. The zero-order chi connectivity index (χ0) is 19.2. The minimum Gasteiger partial charge on any atom is -0.496 e. The van der Waals surface area contributed by atoms with E-state index in [1.54, 1.807) is 7.11 Å². The van der Waals surface area contributed by atoms with E-state index in [4.69, 9.17) is 4.74 Å². The van der Waals surface area contributed by atoms with Gasteiger partial charge in [-0.05, 0) is 51.5 Å². The van der Waals surface area contributed by atoms with E-state index >= 15 is 0 Å². The molecule has 5 heteroatoms. The third-order valence-corrected chi connectivity index (χ3v) is 5.03. The normalized spacial score (nSPS) is 16.7. The van der Waals surface area contributed by atoms with Gasteiger partial charge >= 0.3 is 0 Å². The Morgan fingerprint density at radius 1 is 1.27 bits per heavy atom. The zero-order valence-corrected chi connectivity index (χ0v) is 17.0. The first-order valence-electron chi connectivity index (χ1n) is 9.57. The molecule has 0 spiro atoms. The summed E-state index contributed by atoms with van der Waals surface area (Å²) >= 11 is 0. The Bertz CT molecular complexity index is 578. The maximum absolute atomic E-state index is 12.5. The van der Waals surface area contributed by atoms with Crippen LogP contribution in [0.4, 0.5) is 0 Å². The molecule has 1 aromatic rings. The Hall–Kier alpha value is -1.59. The molecule has 0 radical (unpaired) electrons. The van der Waals surface area contributed by atoms with Crippen molar-refractivity contribution >= 4 is 5.91 Å². The van der Waals surface area contributed by atoms with Crippen LogP contribution in [0, 0.1) is 11.3 Å². The molecule has 1 fully saturated rings. The quantitative estimate of drug-likeness (QED) is 0.773. The van der Waals surface area contributed by atoms with Gasteiger partial charge in [-0.1, -0.05) is 32.0 Å². The highest BCUT2D eigenvalue weighted by molar-refractivity contribution is 5.78. The fourth-order valence-electron chi connectivity index (χ4n) is 3.81. The maximum atomic E-state index is 12.5. The number of nitrogens with one attached hydrogen (secondary N) is 1. The van der Waals surface area contributed by atoms with Crippen molar-refractivity contribution in [1.29, 1.82) is 0 Å². The second-order valence-corrected chi connectivity index (χ2v) is 8.48. The van der Waals surface area contributed by atoms with E-state index in [1.807, 2.05) is 18.2 Å². The molecule has 0 aliphatic carbocycles. The van der Waals surface area contributed by atoms with E-state index in [0.29, 0.717) is 0 Å². The average molecular weight is 362 g/mol. The smallest absolute Gasteiger partial charge is 0.223 e. The summed E-state index contributed by atoms with van der Waals surface area (Å²) in [7, 11) is 5.86. The van der Waals surface area contributed by atoms with Gasteiger partial charge in [0.05, 0.1) is 7.11 Å². The van der Waals surface area contributed by atoms with Crippen molar-refractivity contribution in [3.8, 4) is 5.75 Å². The molecule has 1 amide bonds. The molecule has 0 aromatic heterocycles.